The van der Waals surface area contributed by atoms with Crippen LogP contribution in [0.25, 0.3) is 0 Å². The van der Waals surface area contributed by atoms with E-state index >= 15 is 0 Å². The van der Waals surface area contributed by atoms with E-state index in [-0.39, 0.29) is 21.7 Å². The number of nitrogens with zero attached hydrogens (tertiary/aromatic N) is 1. The molecule has 2 unspecified atom stereocenters. The van der Waals surface area contributed by atoms with Crippen molar-refractivity contribution in [1.82, 2.24) is 9.62 Å². The van der Waals surface area contributed by atoms with Crippen LogP contribution in [0.1, 0.15) is 26.5 Å². The molecule has 1 aliphatic rings. The third kappa shape index (κ3) is 3.68. The Hall–Kier alpha value is -0.410. The van der Waals surface area contributed by atoms with Gasteiger partial charge in [0.2, 0.25) is 10.0 Å². The molecule has 0 saturated carbocycles. The molecule has 1 saturated heterocycles. The van der Waals surface area contributed by atoms with Crippen LogP contribution in [0.15, 0.2) is 20.0 Å². The molecule has 1 aliphatic heterocycles. The number of rotatable bonds is 5. The number of hydrogen-bond donors (Lipinski definition) is 1. The van der Waals surface area contributed by atoms with E-state index in [2.05, 4.69) is 21.2 Å². The van der Waals surface area contributed by atoms with Gasteiger partial charge in [-0.05, 0) is 36.3 Å². The van der Waals surface area contributed by atoms with Gasteiger partial charge in [-0.2, -0.15) is 4.31 Å². The molecule has 120 valence electrons. The zero-order valence-electron chi connectivity index (χ0n) is 12.4. The second-order valence-electron chi connectivity index (χ2n) is 5.20. The van der Waals surface area contributed by atoms with Gasteiger partial charge in [0.05, 0.1) is 19.3 Å². The van der Waals surface area contributed by atoms with Crippen molar-refractivity contribution in [2.24, 2.45) is 0 Å². The Morgan fingerprint density at radius 2 is 2.19 bits per heavy atom. The maximum Gasteiger partial charge on any atom is 0.247 e. The van der Waals surface area contributed by atoms with E-state index in [9.17, 15) is 8.42 Å². The molecule has 0 bridgehead atoms. The first-order valence-corrected chi connectivity index (χ1v) is 9.22. The molecule has 21 heavy (non-hydrogen) atoms. The summed E-state index contributed by atoms with van der Waals surface area (Å²) in [6.45, 7) is 7.74. The van der Waals surface area contributed by atoms with Crippen LogP contribution >= 0.6 is 15.9 Å². The molecular weight excluding hydrogens is 360 g/mol. The predicted molar refractivity (Wildman–Crippen MR) is 82.6 cm³/mol. The minimum atomic E-state index is -3.59. The van der Waals surface area contributed by atoms with Crippen molar-refractivity contribution >= 4 is 26.0 Å². The second kappa shape index (κ2) is 6.78. The number of halogens is 1. The lowest BCUT2D eigenvalue weighted by Gasteiger charge is -2.35. The van der Waals surface area contributed by atoms with E-state index in [0.717, 1.165) is 6.54 Å². The highest BCUT2D eigenvalue weighted by atomic mass is 79.9. The fraction of sp³-hybridized carbons (Fsp3) is 0.692. The number of furan rings is 1. The molecule has 0 amide bonds. The summed E-state index contributed by atoms with van der Waals surface area (Å²) in [6.07, 6.45) is -0.108. The number of ether oxygens (including phenoxy) is 1. The fourth-order valence-corrected chi connectivity index (χ4v) is 4.90. The predicted octanol–water partition coefficient (Wildman–Crippen LogP) is 1.95. The summed E-state index contributed by atoms with van der Waals surface area (Å²) >= 11 is 3.22. The molecule has 1 fully saturated rings. The highest BCUT2D eigenvalue weighted by molar-refractivity contribution is 9.10. The molecule has 1 aromatic rings. The normalized spacial score (nSPS) is 24.4. The fourth-order valence-electron chi connectivity index (χ4n) is 2.24. The van der Waals surface area contributed by atoms with E-state index in [1.165, 1.54) is 4.31 Å². The molecule has 0 aromatic carbocycles. The third-order valence-electron chi connectivity index (χ3n) is 3.39. The van der Waals surface area contributed by atoms with Gasteiger partial charge in [-0.15, -0.1) is 0 Å². The zero-order chi connectivity index (χ0) is 15.6. The van der Waals surface area contributed by atoms with Gasteiger partial charge in [-0.1, -0.05) is 6.92 Å². The number of sulfonamides is 1. The minimum Gasteiger partial charge on any atom is -0.452 e. The van der Waals surface area contributed by atoms with E-state index in [1.54, 1.807) is 6.07 Å². The molecule has 1 N–H and O–H groups in total. The van der Waals surface area contributed by atoms with E-state index < -0.39 is 10.0 Å². The van der Waals surface area contributed by atoms with Crippen LogP contribution in [0, 0.1) is 0 Å². The molecule has 2 rings (SSSR count). The molecule has 0 spiro atoms. The summed E-state index contributed by atoms with van der Waals surface area (Å²) in [7, 11) is -3.59. The molecule has 0 aliphatic carbocycles. The van der Waals surface area contributed by atoms with Gasteiger partial charge in [0.15, 0.2) is 4.67 Å². The van der Waals surface area contributed by atoms with Crippen molar-refractivity contribution in [3.8, 4) is 0 Å². The third-order valence-corrected chi connectivity index (χ3v) is 6.23. The Morgan fingerprint density at radius 1 is 1.48 bits per heavy atom. The van der Waals surface area contributed by atoms with E-state index in [0.29, 0.717) is 25.5 Å². The largest absolute Gasteiger partial charge is 0.452 e. The van der Waals surface area contributed by atoms with Gasteiger partial charge in [0, 0.05) is 18.7 Å². The van der Waals surface area contributed by atoms with Crippen molar-refractivity contribution in [2.75, 3.05) is 19.7 Å². The number of hydrogen-bond acceptors (Lipinski definition) is 5. The standard InChI is InChI=1S/C13H21BrN2O4S/c1-4-15-6-11-5-12(13(14)20-11)21(17,18)16-7-10(3)19-8-9(16)2/h5,9-10,15H,4,6-8H2,1-3H3. The first-order valence-electron chi connectivity index (χ1n) is 6.98. The van der Waals surface area contributed by atoms with E-state index in [1.807, 2.05) is 20.8 Å². The smallest absolute Gasteiger partial charge is 0.247 e. The van der Waals surface area contributed by atoms with Crippen LogP contribution in [0.5, 0.6) is 0 Å². The lowest BCUT2D eigenvalue weighted by atomic mass is 10.2. The topological polar surface area (TPSA) is 71.8 Å². The van der Waals surface area contributed by atoms with Crippen LogP contribution in [0.2, 0.25) is 0 Å². The molecule has 0 radical (unpaired) electrons. The molecule has 6 nitrogen and oxygen atoms in total. The Balaban J connectivity index is 2.28. The Kier molecular flexibility index (Phi) is 5.48. The van der Waals surface area contributed by atoms with Gasteiger partial charge in [0.25, 0.3) is 0 Å². The van der Waals surface area contributed by atoms with Crippen molar-refractivity contribution in [3.05, 3.63) is 16.5 Å². The lowest BCUT2D eigenvalue weighted by Crippen LogP contribution is -2.50. The lowest BCUT2D eigenvalue weighted by molar-refractivity contribution is -0.0170. The van der Waals surface area contributed by atoms with Crippen LogP contribution in [-0.2, 0) is 21.3 Å². The van der Waals surface area contributed by atoms with Crippen LogP contribution in [0.3, 0.4) is 0 Å². The molecular formula is C13H21BrN2O4S. The molecule has 1 aromatic heterocycles. The summed E-state index contributed by atoms with van der Waals surface area (Å²) in [6, 6.07) is 1.39. The van der Waals surface area contributed by atoms with Crippen molar-refractivity contribution < 1.29 is 17.6 Å². The van der Waals surface area contributed by atoms with E-state index in [4.69, 9.17) is 9.15 Å². The van der Waals surface area contributed by atoms with Crippen LogP contribution < -0.4 is 5.32 Å². The van der Waals surface area contributed by atoms with Crippen LogP contribution in [0.4, 0.5) is 0 Å². The maximum absolute atomic E-state index is 12.8. The van der Waals surface area contributed by atoms with Gasteiger partial charge in [0.1, 0.15) is 10.7 Å². The average molecular weight is 381 g/mol. The summed E-state index contributed by atoms with van der Waals surface area (Å²) in [5.41, 5.74) is 0. The monoisotopic (exact) mass is 380 g/mol. The van der Waals surface area contributed by atoms with Crippen molar-refractivity contribution in [1.29, 1.82) is 0 Å². The number of morpholine rings is 1. The zero-order valence-corrected chi connectivity index (χ0v) is 14.8. The highest BCUT2D eigenvalue weighted by Crippen LogP contribution is 2.31. The Morgan fingerprint density at radius 3 is 2.86 bits per heavy atom. The van der Waals surface area contributed by atoms with Crippen molar-refractivity contribution in [3.63, 3.8) is 0 Å². The summed E-state index contributed by atoms with van der Waals surface area (Å²) in [4.78, 5) is 0.177. The summed E-state index contributed by atoms with van der Waals surface area (Å²) in [5.74, 6) is 0.594. The second-order valence-corrected chi connectivity index (χ2v) is 7.78. The quantitative estimate of drug-likeness (QED) is 0.844. The summed E-state index contributed by atoms with van der Waals surface area (Å²) < 4.78 is 38.3. The van der Waals surface area contributed by atoms with Gasteiger partial charge in [-0.3, -0.25) is 0 Å². The minimum absolute atomic E-state index is 0.108. The molecule has 8 heteroatoms. The Bertz CT molecular complexity index is 587. The summed E-state index contributed by atoms with van der Waals surface area (Å²) in [5, 5.41) is 3.11. The van der Waals surface area contributed by atoms with Gasteiger partial charge in [-0.25, -0.2) is 8.42 Å². The first kappa shape index (κ1) is 17.0. The van der Waals surface area contributed by atoms with Gasteiger partial charge < -0.3 is 14.5 Å². The Labute approximate surface area is 134 Å². The molecule has 2 heterocycles. The SMILES string of the molecule is CCNCc1cc(S(=O)(=O)N2CC(C)OCC2C)c(Br)o1. The maximum atomic E-state index is 12.8. The average Bonchev–Trinajstić information content (AvgIpc) is 2.81. The highest BCUT2D eigenvalue weighted by Gasteiger charge is 2.36. The molecule has 2 atom stereocenters. The number of nitrogens with one attached hydrogen (secondary N) is 1. The van der Waals surface area contributed by atoms with Crippen molar-refractivity contribution in [2.45, 2.75) is 44.4 Å². The van der Waals surface area contributed by atoms with Crippen LogP contribution in [-0.4, -0.2) is 44.6 Å². The first-order chi connectivity index (χ1) is 9.86. The van der Waals surface area contributed by atoms with Gasteiger partial charge >= 0.3 is 0 Å².